The molecule has 0 atom stereocenters. The topological polar surface area (TPSA) is 66.6 Å². The Kier molecular flexibility index (Phi) is 3.89. The third kappa shape index (κ3) is 2.88. The smallest absolute Gasteiger partial charge is 0.257 e. The van der Waals surface area contributed by atoms with Crippen LogP contribution in [0.2, 0.25) is 0 Å². The Morgan fingerprint density at radius 2 is 2.00 bits per heavy atom. The summed E-state index contributed by atoms with van der Waals surface area (Å²) in [6.45, 7) is 0.279. The van der Waals surface area contributed by atoms with Gasteiger partial charge in [-0.05, 0) is 29.8 Å². The first-order chi connectivity index (χ1) is 9.49. The number of anilines is 1. The molecular formula is C15H15FN2O2. The first-order valence-electron chi connectivity index (χ1n) is 6.06. The number of phenols is 1. The second-order valence-corrected chi connectivity index (χ2v) is 4.52. The Morgan fingerprint density at radius 3 is 2.70 bits per heavy atom. The maximum atomic E-state index is 13.2. The van der Waals surface area contributed by atoms with Crippen molar-refractivity contribution >= 4 is 11.6 Å². The molecule has 0 saturated carbocycles. The van der Waals surface area contributed by atoms with Crippen molar-refractivity contribution in [1.82, 2.24) is 4.90 Å². The van der Waals surface area contributed by atoms with Crippen LogP contribution in [0.4, 0.5) is 10.1 Å². The van der Waals surface area contributed by atoms with E-state index in [1.54, 1.807) is 19.2 Å². The van der Waals surface area contributed by atoms with Gasteiger partial charge in [-0.1, -0.05) is 18.2 Å². The van der Waals surface area contributed by atoms with Crippen molar-refractivity contribution in [2.45, 2.75) is 6.54 Å². The number of carbonyl (C=O) groups is 1. The van der Waals surface area contributed by atoms with Gasteiger partial charge in [-0.3, -0.25) is 4.79 Å². The highest BCUT2D eigenvalue weighted by Gasteiger charge is 2.17. The molecule has 1 amide bonds. The summed E-state index contributed by atoms with van der Waals surface area (Å²) in [5, 5.41) is 9.64. The summed E-state index contributed by atoms with van der Waals surface area (Å²) in [4.78, 5) is 13.6. The third-order valence-corrected chi connectivity index (χ3v) is 3.00. The number of nitrogen functional groups attached to an aromatic ring is 1. The van der Waals surface area contributed by atoms with Crippen LogP contribution in [0.1, 0.15) is 15.9 Å². The van der Waals surface area contributed by atoms with E-state index >= 15 is 0 Å². The van der Waals surface area contributed by atoms with Crippen molar-refractivity contribution in [3.63, 3.8) is 0 Å². The van der Waals surface area contributed by atoms with E-state index < -0.39 is 11.7 Å². The Bertz CT molecular complexity index is 644. The van der Waals surface area contributed by atoms with E-state index in [2.05, 4.69) is 0 Å². The van der Waals surface area contributed by atoms with Gasteiger partial charge in [0.25, 0.3) is 5.91 Å². The lowest BCUT2D eigenvalue weighted by Crippen LogP contribution is -2.26. The SMILES string of the molecule is CN(Cc1ccccc1N)C(=O)c1cc(F)ccc1O. The average Bonchev–Trinajstić information content (AvgIpc) is 2.43. The molecule has 4 nitrogen and oxygen atoms in total. The molecule has 20 heavy (non-hydrogen) atoms. The largest absolute Gasteiger partial charge is 0.507 e. The maximum absolute atomic E-state index is 13.2. The number of hydrogen-bond donors (Lipinski definition) is 2. The molecule has 0 unspecified atom stereocenters. The van der Waals surface area contributed by atoms with Gasteiger partial charge in [0.15, 0.2) is 0 Å². The predicted molar refractivity (Wildman–Crippen MR) is 74.7 cm³/mol. The number of para-hydroxylation sites is 1. The molecule has 0 heterocycles. The van der Waals surface area contributed by atoms with Gasteiger partial charge >= 0.3 is 0 Å². The van der Waals surface area contributed by atoms with Crippen LogP contribution in [-0.2, 0) is 6.54 Å². The van der Waals surface area contributed by atoms with Crippen molar-refractivity contribution in [3.05, 3.63) is 59.4 Å². The molecule has 104 valence electrons. The summed E-state index contributed by atoms with van der Waals surface area (Å²) in [5.41, 5.74) is 7.12. The Morgan fingerprint density at radius 1 is 1.30 bits per heavy atom. The summed E-state index contributed by atoms with van der Waals surface area (Å²) in [6, 6.07) is 10.5. The Hall–Kier alpha value is -2.56. The van der Waals surface area contributed by atoms with E-state index in [-0.39, 0.29) is 17.9 Å². The molecule has 3 N–H and O–H groups in total. The van der Waals surface area contributed by atoms with Gasteiger partial charge in [0, 0.05) is 19.3 Å². The standard InChI is InChI=1S/C15H15FN2O2/c1-18(9-10-4-2-3-5-13(10)17)15(20)12-8-11(16)6-7-14(12)19/h2-8,19H,9,17H2,1H3. The average molecular weight is 274 g/mol. The molecule has 0 radical (unpaired) electrons. The number of nitrogens with two attached hydrogens (primary N) is 1. The first-order valence-corrected chi connectivity index (χ1v) is 6.06. The van der Waals surface area contributed by atoms with Gasteiger partial charge in [-0.2, -0.15) is 0 Å². The lowest BCUT2D eigenvalue weighted by Gasteiger charge is -2.19. The van der Waals surface area contributed by atoms with Gasteiger partial charge in [0.05, 0.1) is 5.56 Å². The van der Waals surface area contributed by atoms with Crippen LogP contribution in [-0.4, -0.2) is 23.0 Å². The highest BCUT2D eigenvalue weighted by Crippen LogP contribution is 2.21. The van der Waals surface area contributed by atoms with Gasteiger partial charge in [-0.25, -0.2) is 4.39 Å². The highest BCUT2D eigenvalue weighted by atomic mass is 19.1. The number of hydrogen-bond acceptors (Lipinski definition) is 3. The van der Waals surface area contributed by atoms with Crippen LogP contribution in [0.15, 0.2) is 42.5 Å². The van der Waals surface area contributed by atoms with E-state index in [9.17, 15) is 14.3 Å². The zero-order chi connectivity index (χ0) is 14.7. The molecule has 2 aromatic rings. The van der Waals surface area contributed by atoms with E-state index in [0.29, 0.717) is 5.69 Å². The molecule has 0 aromatic heterocycles. The molecule has 0 aliphatic rings. The normalized spacial score (nSPS) is 10.3. The predicted octanol–water partition coefficient (Wildman–Crippen LogP) is 2.39. The molecule has 2 aromatic carbocycles. The zero-order valence-corrected chi connectivity index (χ0v) is 11.0. The van der Waals surface area contributed by atoms with Gasteiger partial charge < -0.3 is 15.7 Å². The first kappa shape index (κ1) is 13.9. The lowest BCUT2D eigenvalue weighted by molar-refractivity contribution is 0.0782. The minimum atomic E-state index is -0.571. The van der Waals surface area contributed by atoms with Crippen molar-refractivity contribution in [2.24, 2.45) is 0 Å². The second kappa shape index (κ2) is 5.61. The fourth-order valence-corrected chi connectivity index (χ4v) is 1.89. The number of halogens is 1. The molecule has 0 saturated heterocycles. The quantitative estimate of drug-likeness (QED) is 0.844. The van der Waals surface area contributed by atoms with Gasteiger partial charge in [0.1, 0.15) is 11.6 Å². The van der Waals surface area contributed by atoms with E-state index in [4.69, 9.17) is 5.73 Å². The Labute approximate surface area is 116 Å². The molecule has 0 spiro atoms. The molecule has 0 aliphatic carbocycles. The third-order valence-electron chi connectivity index (χ3n) is 3.00. The zero-order valence-electron chi connectivity index (χ0n) is 11.0. The fraction of sp³-hybridized carbons (Fsp3) is 0.133. The molecule has 5 heteroatoms. The summed E-state index contributed by atoms with van der Waals surface area (Å²) < 4.78 is 13.2. The van der Waals surface area contributed by atoms with Crippen LogP contribution in [0.5, 0.6) is 5.75 Å². The maximum Gasteiger partial charge on any atom is 0.257 e. The summed E-state index contributed by atoms with van der Waals surface area (Å²) in [5.74, 6) is -1.28. The van der Waals surface area contributed by atoms with Crippen molar-refractivity contribution in [3.8, 4) is 5.75 Å². The van der Waals surface area contributed by atoms with Crippen molar-refractivity contribution in [1.29, 1.82) is 0 Å². The van der Waals surface area contributed by atoms with Crippen LogP contribution >= 0.6 is 0 Å². The van der Waals surface area contributed by atoms with E-state index in [1.807, 2.05) is 12.1 Å². The molecule has 0 fully saturated rings. The number of rotatable bonds is 3. The fourth-order valence-electron chi connectivity index (χ4n) is 1.89. The number of aromatic hydroxyl groups is 1. The molecule has 0 aliphatic heterocycles. The highest BCUT2D eigenvalue weighted by molar-refractivity contribution is 5.96. The number of benzene rings is 2. The molecular weight excluding hydrogens is 259 g/mol. The van der Waals surface area contributed by atoms with Crippen LogP contribution in [0.3, 0.4) is 0 Å². The number of amides is 1. The summed E-state index contributed by atoms with van der Waals surface area (Å²) in [6.07, 6.45) is 0. The monoisotopic (exact) mass is 274 g/mol. The minimum absolute atomic E-state index is 0.0676. The van der Waals surface area contributed by atoms with E-state index in [0.717, 1.165) is 23.8 Å². The summed E-state index contributed by atoms with van der Waals surface area (Å²) >= 11 is 0. The van der Waals surface area contributed by atoms with Crippen LogP contribution < -0.4 is 5.73 Å². The van der Waals surface area contributed by atoms with Gasteiger partial charge in [-0.15, -0.1) is 0 Å². The lowest BCUT2D eigenvalue weighted by atomic mass is 10.1. The number of carbonyl (C=O) groups excluding carboxylic acids is 1. The Balaban J connectivity index is 2.21. The molecule has 0 bridgehead atoms. The van der Waals surface area contributed by atoms with Crippen LogP contribution in [0.25, 0.3) is 0 Å². The second-order valence-electron chi connectivity index (χ2n) is 4.52. The van der Waals surface area contributed by atoms with Crippen molar-refractivity contribution in [2.75, 3.05) is 12.8 Å². The van der Waals surface area contributed by atoms with Crippen LogP contribution in [0, 0.1) is 5.82 Å². The number of phenolic OH excluding ortho intramolecular Hbond substituents is 1. The van der Waals surface area contributed by atoms with Gasteiger partial charge in [0.2, 0.25) is 0 Å². The summed E-state index contributed by atoms with van der Waals surface area (Å²) in [7, 11) is 1.57. The minimum Gasteiger partial charge on any atom is -0.507 e. The van der Waals surface area contributed by atoms with E-state index in [1.165, 1.54) is 4.90 Å². The van der Waals surface area contributed by atoms with Crippen molar-refractivity contribution < 1.29 is 14.3 Å². The number of nitrogens with zero attached hydrogens (tertiary/aromatic N) is 1. The molecule has 2 rings (SSSR count).